The van der Waals surface area contributed by atoms with E-state index in [4.69, 9.17) is 0 Å². The van der Waals surface area contributed by atoms with Crippen LogP contribution in [0.1, 0.15) is 24.3 Å². The van der Waals surface area contributed by atoms with Crippen LogP contribution in [-0.2, 0) is 4.74 Å². The minimum atomic E-state index is -4.28. The van der Waals surface area contributed by atoms with Crippen LogP contribution in [-0.4, -0.2) is 31.1 Å². The predicted molar refractivity (Wildman–Crippen MR) is 70.1 cm³/mol. The molecule has 0 aliphatic carbocycles. The van der Waals surface area contributed by atoms with Crippen LogP contribution in [0.3, 0.4) is 0 Å². The molecule has 0 amide bonds. The molecule has 0 aliphatic rings. The first-order valence-corrected chi connectivity index (χ1v) is 6.72. The van der Waals surface area contributed by atoms with E-state index in [1.807, 2.05) is 24.3 Å². The number of ether oxygens (including phenoxy) is 1. The monoisotopic (exact) mass is 340 g/mol. The van der Waals surface area contributed by atoms with E-state index in [0.717, 1.165) is 10.0 Å². The van der Waals surface area contributed by atoms with Crippen molar-refractivity contribution in [2.24, 2.45) is 0 Å². The minimum Gasteiger partial charge on any atom is -0.396 e. The summed E-state index contributed by atoms with van der Waals surface area (Å²) in [6, 6.07) is 7.53. The van der Waals surface area contributed by atoms with E-state index >= 15 is 0 Å². The second-order valence-electron chi connectivity index (χ2n) is 4.24. The molecule has 0 spiro atoms. The van der Waals surface area contributed by atoms with Gasteiger partial charge in [-0.15, -0.1) is 0 Å². The lowest BCUT2D eigenvalue weighted by Gasteiger charge is -2.15. The highest BCUT2D eigenvalue weighted by Crippen LogP contribution is 2.24. The summed E-state index contributed by atoms with van der Waals surface area (Å²) in [5.41, 5.74) is 0.965. The molecule has 1 rings (SSSR count). The van der Waals surface area contributed by atoms with Gasteiger partial charge in [0, 0.05) is 23.6 Å². The molecular formula is C13H16BrF3O2. The Hall–Kier alpha value is -0.590. The smallest absolute Gasteiger partial charge is 0.396 e. The number of aliphatic hydroxyl groups is 1. The van der Waals surface area contributed by atoms with Gasteiger partial charge in [-0.1, -0.05) is 28.1 Å². The van der Waals surface area contributed by atoms with Crippen molar-refractivity contribution in [3.63, 3.8) is 0 Å². The molecule has 2 nitrogen and oxygen atoms in total. The summed E-state index contributed by atoms with van der Waals surface area (Å²) in [6.07, 6.45) is -3.21. The lowest BCUT2D eigenvalue weighted by Crippen LogP contribution is -2.17. The molecule has 0 saturated heterocycles. The first kappa shape index (κ1) is 16.5. The van der Waals surface area contributed by atoms with Gasteiger partial charge in [-0.2, -0.15) is 13.2 Å². The van der Waals surface area contributed by atoms with E-state index in [1.54, 1.807) is 0 Å². The Bertz CT molecular complexity index is 382. The molecule has 0 saturated carbocycles. The standard InChI is InChI=1S/C13H16BrF3O2/c14-12-5-1-3-10(7-12)11(8-18)4-2-6-19-9-13(15,16)17/h1,3,5,7,11,18H,2,4,6,8-9H2. The third kappa shape index (κ3) is 6.94. The van der Waals surface area contributed by atoms with Crippen molar-refractivity contribution in [1.82, 2.24) is 0 Å². The van der Waals surface area contributed by atoms with Crippen LogP contribution in [0.2, 0.25) is 0 Å². The van der Waals surface area contributed by atoms with Crippen LogP contribution in [0.15, 0.2) is 28.7 Å². The molecule has 1 unspecified atom stereocenters. The Morgan fingerprint density at radius 2 is 2.05 bits per heavy atom. The Morgan fingerprint density at radius 3 is 2.63 bits per heavy atom. The number of halogens is 4. The number of aliphatic hydroxyl groups excluding tert-OH is 1. The Morgan fingerprint density at radius 1 is 1.32 bits per heavy atom. The minimum absolute atomic E-state index is 0.0320. The lowest BCUT2D eigenvalue weighted by molar-refractivity contribution is -0.174. The van der Waals surface area contributed by atoms with E-state index in [1.165, 1.54) is 0 Å². The Kier molecular flexibility index (Phi) is 6.82. The van der Waals surface area contributed by atoms with Gasteiger partial charge in [0.05, 0.1) is 0 Å². The van der Waals surface area contributed by atoms with Gasteiger partial charge < -0.3 is 9.84 Å². The van der Waals surface area contributed by atoms with Gasteiger partial charge in [0.2, 0.25) is 0 Å². The summed E-state index contributed by atoms with van der Waals surface area (Å²) >= 11 is 3.34. The van der Waals surface area contributed by atoms with Gasteiger partial charge in [-0.25, -0.2) is 0 Å². The number of benzene rings is 1. The van der Waals surface area contributed by atoms with Crippen LogP contribution in [0.5, 0.6) is 0 Å². The van der Waals surface area contributed by atoms with E-state index in [0.29, 0.717) is 12.8 Å². The first-order valence-electron chi connectivity index (χ1n) is 5.93. The van der Waals surface area contributed by atoms with Gasteiger partial charge in [0.1, 0.15) is 6.61 Å². The van der Waals surface area contributed by atoms with Crippen molar-refractivity contribution < 1.29 is 23.0 Å². The Labute approximate surface area is 118 Å². The van der Waals surface area contributed by atoms with Crippen molar-refractivity contribution >= 4 is 15.9 Å². The van der Waals surface area contributed by atoms with Crippen LogP contribution in [0, 0.1) is 0 Å². The highest BCUT2D eigenvalue weighted by molar-refractivity contribution is 9.10. The number of hydrogen-bond acceptors (Lipinski definition) is 2. The first-order chi connectivity index (χ1) is 8.92. The molecule has 108 valence electrons. The molecule has 1 aromatic carbocycles. The number of rotatable bonds is 7. The second kappa shape index (κ2) is 7.87. The molecule has 6 heteroatoms. The second-order valence-corrected chi connectivity index (χ2v) is 5.16. The summed E-state index contributed by atoms with van der Waals surface area (Å²) < 4.78 is 41.0. The highest BCUT2D eigenvalue weighted by atomic mass is 79.9. The SMILES string of the molecule is OCC(CCCOCC(F)(F)F)c1cccc(Br)c1. The summed E-state index contributed by atoms with van der Waals surface area (Å²) in [7, 11) is 0. The van der Waals surface area contributed by atoms with Crippen molar-refractivity contribution in [1.29, 1.82) is 0 Å². The molecule has 0 bridgehead atoms. The number of hydrogen-bond donors (Lipinski definition) is 1. The van der Waals surface area contributed by atoms with Crippen molar-refractivity contribution in [3.05, 3.63) is 34.3 Å². The summed E-state index contributed by atoms with van der Waals surface area (Å²) in [5, 5.41) is 9.32. The zero-order valence-electron chi connectivity index (χ0n) is 10.3. The topological polar surface area (TPSA) is 29.5 Å². The average molecular weight is 341 g/mol. The molecule has 1 aromatic rings. The zero-order chi connectivity index (χ0) is 14.3. The van der Waals surface area contributed by atoms with Crippen LogP contribution >= 0.6 is 15.9 Å². The van der Waals surface area contributed by atoms with Crippen LogP contribution in [0.25, 0.3) is 0 Å². The average Bonchev–Trinajstić information content (AvgIpc) is 2.32. The maximum atomic E-state index is 11.8. The van der Waals surface area contributed by atoms with Crippen molar-refractivity contribution in [2.45, 2.75) is 24.9 Å². The van der Waals surface area contributed by atoms with Gasteiger partial charge in [0.15, 0.2) is 0 Å². The van der Waals surface area contributed by atoms with Gasteiger partial charge in [-0.05, 0) is 30.5 Å². The largest absolute Gasteiger partial charge is 0.411 e. The van der Waals surface area contributed by atoms with Gasteiger partial charge >= 0.3 is 6.18 Å². The maximum absolute atomic E-state index is 11.8. The normalized spacial score (nSPS) is 13.5. The van der Waals surface area contributed by atoms with Crippen LogP contribution in [0.4, 0.5) is 13.2 Å². The molecule has 1 atom stereocenters. The van der Waals surface area contributed by atoms with E-state index in [2.05, 4.69) is 20.7 Å². The van der Waals surface area contributed by atoms with E-state index in [9.17, 15) is 18.3 Å². The fraction of sp³-hybridized carbons (Fsp3) is 0.538. The van der Waals surface area contributed by atoms with Crippen molar-refractivity contribution in [3.8, 4) is 0 Å². The molecule has 0 aliphatic heterocycles. The van der Waals surface area contributed by atoms with Gasteiger partial charge in [0.25, 0.3) is 0 Å². The summed E-state index contributed by atoms with van der Waals surface area (Å²) in [5.74, 6) is -0.0769. The number of alkyl halides is 3. The Balaban J connectivity index is 2.34. The summed E-state index contributed by atoms with van der Waals surface area (Å²) in [4.78, 5) is 0. The molecule has 19 heavy (non-hydrogen) atoms. The van der Waals surface area contributed by atoms with Crippen LogP contribution < -0.4 is 0 Å². The molecular weight excluding hydrogens is 325 g/mol. The molecule has 0 aromatic heterocycles. The fourth-order valence-electron chi connectivity index (χ4n) is 1.74. The fourth-order valence-corrected chi connectivity index (χ4v) is 2.16. The van der Waals surface area contributed by atoms with Gasteiger partial charge in [-0.3, -0.25) is 0 Å². The third-order valence-corrected chi connectivity index (χ3v) is 3.14. The molecule has 1 N–H and O–H groups in total. The quantitative estimate of drug-likeness (QED) is 0.763. The third-order valence-electron chi connectivity index (χ3n) is 2.65. The maximum Gasteiger partial charge on any atom is 0.411 e. The van der Waals surface area contributed by atoms with E-state index in [-0.39, 0.29) is 19.1 Å². The predicted octanol–water partition coefficient (Wildman–Crippen LogP) is 3.88. The van der Waals surface area contributed by atoms with E-state index < -0.39 is 12.8 Å². The molecule has 0 fully saturated rings. The summed E-state index contributed by atoms with van der Waals surface area (Å²) in [6.45, 7) is -1.20. The van der Waals surface area contributed by atoms with Crippen molar-refractivity contribution in [2.75, 3.05) is 19.8 Å². The molecule has 0 radical (unpaired) electrons. The highest BCUT2D eigenvalue weighted by Gasteiger charge is 2.27. The lowest BCUT2D eigenvalue weighted by atomic mass is 9.95. The molecule has 0 heterocycles. The zero-order valence-corrected chi connectivity index (χ0v) is 11.9.